The molecule has 0 fully saturated rings. The molecule has 8 nitrogen and oxygen atoms in total. The maximum atomic E-state index is 13.3. The van der Waals surface area contributed by atoms with E-state index in [2.05, 4.69) is 15.4 Å². The zero-order chi connectivity index (χ0) is 21.4. The number of nitrogens with one attached hydrogen (secondary N) is 1. The number of primary amides is 1. The minimum atomic E-state index is -0.625. The standard InChI is InChI=1S/C21H20FN5O3/c1-11-17(19(23)28)18(13-6-9-15(29-2)16(10-13)30-3)27-21(24-11)25-20(26-27)12-4-7-14(22)8-5-12/h4-10,18H,1-3H3,(H2,23,28)(H,24,25,26)/t18-/m0/s1. The largest absolute Gasteiger partial charge is 0.493 e. The van der Waals surface area contributed by atoms with Crippen molar-refractivity contribution in [3.63, 3.8) is 0 Å². The Labute approximate surface area is 172 Å². The third kappa shape index (κ3) is 3.24. The number of anilines is 1. The summed E-state index contributed by atoms with van der Waals surface area (Å²) in [6.07, 6.45) is 0. The molecule has 1 aliphatic rings. The number of hydrogen-bond donors (Lipinski definition) is 2. The highest BCUT2D eigenvalue weighted by Crippen LogP contribution is 2.39. The fourth-order valence-electron chi connectivity index (χ4n) is 3.52. The Morgan fingerprint density at radius 2 is 1.83 bits per heavy atom. The van der Waals surface area contributed by atoms with Crippen LogP contribution in [0, 0.1) is 5.82 Å². The molecule has 30 heavy (non-hydrogen) atoms. The first-order valence-corrected chi connectivity index (χ1v) is 9.15. The smallest absolute Gasteiger partial charge is 0.248 e. The van der Waals surface area contributed by atoms with Crippen molar-refractivity contribution < 1.29 is 18.7 Å². The topological polar surface area (TPSA) is 104 Å². The number of nitrogens with two attached hydrogens (primary N) is 1. The van der Waals surface area contributed by atoms with Crippen LogP contribution in [0.4, 0.5) is 10.3 Å². The third-order valence-corrected chi connectivity index (χ3v) is 4.94. The highest BCUT2D eigenvalue weighted by molar-refractivity contribution is 5.95. The van der Waals surface area contributed by atoms with Gasteiger partial charge >= 0.3 is 0 Å². The molecule has 0 saturated heterocycles. The Hall–Kier alpha value is -3.88. The number of carbonyl (C=O) groups is 1. The van der Waals surface area contributed by atoms with E-state index >= 15 is 0 Å². The van der Waals surface area contributed by atoms with Crippen molar-refractivity contribution in [2.45, 2.75) is 13.0 Å². The van der Waals surface area contributed by atoms with E-state index in [4.69, 9.17) is 15.2 Å². The molecule has 0 bridgehead atoms. The SMILES string of the molecule is COc1ccc([C@H]2C(C(N)=O)=C(C)Nc3nc(-c4ccc(F)cc4)nn32)cc1OC. The fraction of sp³-hybridized carbons (Fsp3) is 0.190. The minimum Gasteiger partial charge on any atom is -0.493 e. The van der Waals surface area contributed by atoms with E-state index in [0.717, 1.165) is 5.56 Å². The molecule has 4 rings (SSSR count). The van der Waals surface area contributed by atoms with E-state index < -0.39 is 11.9 Å². The average molecular weight is 409 g/mol. The van der Waals surface area contributed by atoms with Crippen LogP contribution in [-0.2, 0) is 4.79 Å². The normalized spacial score (nSPS) is 15.4. The lowest BCUT2D eigenvalue weighted by Crippen LogP contribution is -2.31. The summed E-state index contributed by atoms with van der Waals surface area (Å²) in [5.41, 5.74) is 8.00. The van der Waals surface area contributed by atoms with Crippen LogP contribution in [0.5, 0.6) is 11.5 Å². The van der Waals surface area contributed by atoms with Crippen molar-refractivity contribution in [2.75, 3.05) is 19.5 Å². The maximum absolute atomic E-state index is 13.3. The number of rotatable bonds is 5. The number of halogens is 1. The van der Waals surface area contributed by atoms with Gasteiger partial charge in [0.25, 0.3) is 0 Å². The van der Waals surface area contributed by atoms with Gasteiger partial charge in [-0.15, -0.1) is 5.10 Å². The van der Waals surface area contributed by atoms with Gasteiger partial charge < -0.3 is 20.5 Å². The first-order chi connectivity index (χ1) is 14.4. The van der Waals surface area contributed by atoms with Crippen LogP contribution in [-0.4, -0.2) is 34.9 Å². The molecule has 2 heterocycles. The molecule has 3 aromatic rings. The monoisotopic (exact) mass is 409 g/mol. The lowest BCUT2D eigenvalue weighted by atomic mass is 9.95. The van der Waals surface area contributed by atoms with E-state index in [1.54, 1.807) is 43.0 Å². The van der Waals surface area contributed by atoms with Gasteiger partial charge in [-0.1, -0.05) is 6.07 Å². The van der Waals surface area contributed by atoms with Gasteiger partial charge in [-0.2, -0.15) is 4.98 Å². The molecule has 1 aromatic heterocycles. The number of carbonyl (C=O) groups excluding carboxylic acids is 1. The second kappa shape index (κ2) is 7.51. The van der Waals surface area contributed by atoms with Gasteiger partial charge in [0.1, 0.15) is 11.9 Å². The number of amides is 1. The second-order valence-corrected chi connectivity index (χ2v) is 6.76. The van der Waals surface area contributed by atoms with Gasteiger partial charge in [-0.25, -0.2) is 9.07 Å². The molecule has 154 valence electrons. The summed E-state index contributed by atoms with van der Waals surface area (Å²) >= 11 is 0. The van der Waals surface area contributed by atoms with Crippen molar-refractivity contribution in [3.8, 4) is 22.9 Å². The predicted molar refractivity (Wildman–Crippen MR) is 109 cm³/mol. The number of ether oxygens (including phenoxy) is 2. The first-order valence-electron chi connectivity index (χ1n) is 9.15. The van der Waals surface area contributed by atoms with Gasteiger partial charge in [-0.05, 0) is 48.9 Å². The van der Waals surface area contributed by atoms with E-state index in [9.17, 15) is 9.18 Å². The lowest BCUT2D eigenvalue weighted by molar-refractivity contribution is -0.115. The zero-order valence-corrected chi connectivity index (χ0v) is 16.6. The molecule has 0 aliphatic carbocycles. The summed E-state index contributed by atoms with van der Waals surface area (Å²) in [7, 11) is 3.08. The number of fused-ring (bicyclic) bond motifs is 1. The number of methoxy groups -OCH3 is 2. The summed E-state index contributed by atoms with van der Waals surface area (Å²) < 4.78 is 25.6. The van der Waals surface area contributed by atoms with Gasteiger partial charge in [0.05, 0.1) is 19.8 Å². The molecule has 0 radical (unpaired) electrons. The Morgan fingerprint density at radius 3 is 2.47 bits per heavy atom. The Bertz CT molecular complexity index is 1150. The lowest BCUT2D eigenvalue weighted by Gasteiger charge is -2.28. The van der Waals surface area contributed by atoms with Crippen molar-refractivity contribution in [3.05, 3.63) is 65.1 Å². The number of hydrogen-bond acceptors (Lipinski definition) is 6. The molecule has 0 saturated carbocycles. The van der Waals surface area contributed by atoms with Crippen LogP contribution in [0.25, 0.3) is 11.4 Å². The number of benzene rings is 2. The molecule has 0 unspecified atom stereocenters. The fourth-order valence-corrected chi connectivity index (χ4v) is 3.52. The summed E-state index contributed by atoms with van der Waals surface area (Å²) in [4.78, 5) is 16.8. The molecule has 9 heteroatoms. The predicted octanol–water partition coefficient (Wildman–Crippen LogP) is 2.88. The number of allylic oxidation sites excluding steroid dienone is 1. The third-order valence-electron chi connectivity index (χ3n) is 4.94. The van der Waals surface area contributed by atoms with Crippen LogP contribution < -0.4 is 20.5 Å². The van der Waals surface area contributed by atoms with E-state index in [1.807, 2.05) is 6.07 Å². The highest BCUT2D eigenvalue weighted by atomic mass is 19.1. The van der Waals surface area contributed by atoms with Crippen LogP contribution in [0.3, 0.4) is 0 Å². The zero-order valence-electron chi connectivity index (χ0n) is 16.6. The summed E-state index contributed by atoms with van der Waals surface area (Å²) in [6, 6.07) is 10.6. The maximum Gasteiger partial charge on any atom is 0.248 e. The van der Waals surface area contributed by atoms with Gasteiger partial charge in [0, 0.05) is 11.3 Å². The van der Waals surface area contributed by atoms with Crippen molar-refractivity contribution in [2.24, 2.45) is 5.73 Å². The number of aromatic nitrogens is 3. The molecule has 1 atom stereocenters. The summed E-state index contributed by atoms with van der Waals surface area (Å²) in [5, 5.41) is 7.66. The first kappa shape index (κ1) is 19.4. The molecule has 3 N–H and O–H groups in total. The van der Waals surface area contributed by atoms with Crippen LogP contribution in [0.15, 0.2) is 53.7 Å². The second-order valence-electron chi connectivity index (χ2n) is 6.76. The van der Waals surface area contributed by atoms with E-state index in [1.165, 1.54) is 19.2 Å². The molecular weight excluding hydrogens is 389 g/mol. The quantitative estimate of drug-likeness (QED) is 0.672. The summed E-state index contributed by atoms with van der Waals surface area (Å²) in [5.74, 6) is 0.970. The van der Waals surface area contributed by atoms with Gasteiger partial charge in [0.2, 0.25) is 11.9 Å². The Kier molecular flexibility index (Phi) is 4.86. The van der Waals surface area contributed by atoms with Crippen molar-refractivity contribution >= 4 is 11.9 Å². The van der Waals surface area contributed by atoms with E-state index in [-0.39, 0.29) is 5.82 Å². The minimum absolute atomic E-state index is 0.349. The molecular formula is C21H20FN5O3. The molecule has 2 aromatic carbocycles. The van der Waals surface area contributed by atoms with Crippen molar-refractivity contribution in [1.82, 2.24) is 14.8 Å². The van der Waals surface area contributed by atoms with Crippen LogP contribution in [0.1, 0.15) is 18.5 Å². The molecule has 1 aliphatic heterocycles. The average Bonchev–Trinajstić information content (AvgIpc) is 3.15. The van der Waals surface area contributed by atoms with Crippen LogP contribution >= 0.6 is 0 Å². The Morgan fingerprint density at radius 1 is 1.13 bits per heavy atom. The van der Waals surface area contributed by atoms with Crippen LogP contribution in [0.2, 0.25) is 0 Å². The van der Waals surface area contributed by atoms with Gasteiger partial charge in [0.15, 0.2) is 17.3 Å². The number of nitrogens with zero attached hydrogens (tertiary/aromatic N) is 3. The van der Waals surface area contributed by atoms with Gasteiger partial charge in [-0.3, -0.25) is 4.79 Å². The summed E-state index contributed by atoms with van der Waals surface area (Å²) in [6.45, 7) is 1.75. The molecule has 1 amide bonds. The highest BCUT2D eigenvalue weighted by Gasteiger charge is 2.34. The molecule has 0 spiro atoms. The Balaban J connectivity index is 1.88. The van der Waals surface area contributed by atoms with E-state index in [0.29, 0.717) is 40.1 Å². The van der Waals surface area contributed by atoms with Crippen molar-refractivity contribution in [1.29, 1.82) is 0 Å².